The average molecular weight is 459 g/mol. The molecular formula is C23H20Cl2N2O4. The summed E-state index contributed by atoms with van der Waals surface area (Å²) >= 11 is 12.1. The summed E-state index contributed by atoms with van der Waals surface area (Å²) in [5.74, 6) is -0.700. The number of esters is 1. The molecule has 1 atom stereocenters. The Labute approximate surface area is 190 Å². The van der Waals surface area contributed by atoms with Crippen LogP contribution in [0.5, 0.6) is 0 Å². The maximum absolute atomic E-state index is 13.1. The highest BCUT2D eigenvalue weighted by Gasteiger charge is 2.43. The van der Waals surface area contributed by atoms with Crippen LogP contribution in [0.2, 0.25) is 10.0 Å². The van der Waals surface area contributed by atoms with E-state index in [4.69, 9.17) is 27.9 Å². The molecule has 2 aromatic carbocycles. The van der Waals surface area contributed by atoms with Crippen molar-refractivity contribution in [1.82, 2.24) is 4.90 Å². The lowest BCUT2D eigenvalue weighted by molar-refractivity contribution is -0.137. The lowest BCUT2D eigenvalue weighted by atomic mass is 10.0. The van der Waals surface area contributed by atoms with E-state index in [0.717, 1.165) is 34.4 Å². The molecule has 6 nitrogen and oxygen atoms in total. The minimum Gasteiger partial charge on any atom is -0.463 e. The van der Waals surface area contributed by atoms with E-state index in [1.807, 2.05) is 18.2 Å². The predicted octanol–water partition coefficient (Wildman–Crippen LogP) is 5.03. The van der Waals surface area contributed by atoms with Gasteiger partial charge < -0.3 is 9.64 Å². The molecule has 160 valence electrons. The number of rotatable bonds is 5. The lowest BCUT2D eigenvalue weighted by Gasteiger charge is -2.24. The summed E-state index contributed by atoms with van der Waals surface area (Å²) in [5, 5.41) is 0.715. The van der Waals surface area contributed by atoms with Crippen molar-refractivity contribution < 1.29 is 19.1 Å². The number of carbonyl (C=O) groups is 3. The van der Waals surface area contributed by atoms with Crippen LogP contribution in [0.25, 0.3) is 6.08 Å². The fourth-order valence-corrected chi connectivity index (χ4v) is 4.60. The minimum atomic E-state index is -0.386. The fraction of sp³-hybridized carbons (Fsp3) is 0.261. The third-order valence-corrected chi connectivity index (χ3v) is 5.82. The molecule has 1 aliphatic heterocycles. The van der Waals surface area contributed by atoms with Crippen LogP contribution in [0.1, 0.15) is 36.1 Å². The molecule has 0 aromatic heterocycles. The zero-order chi connectivity index (χ0) is 22.1. The molecule has 3 amide bonds. The maximum atomic E-state index is 13.1. The highest BCUT2D eigenvalue weighted by atomic mass is 35.5. The van der Waals surface area contributed by atoms with Gasteiger partial charge in [0, 0.05) is 16.1 Å². The average Bonchev–Trinajstić information content (AvgIpc) is 3.25. The quantitative estimate of drug-likeness (QED) is 0.358. The smallest absolute Gasteiger partial charge is 0.332 e. The van der Waals surface area contributed by atoms with Gasteiger partial charge in [0.1, 0.15) is 6.54 Å². The zero-order valence-electron chi connectivity index (χ0n) is 16.8. The molecule has 8 heteroatoms. The Morgan fingerprint density at radius 3 is 2.61 bits per heavy atom. The van der Waals surface area contributed by atoms with Gasteiger partial charge in [-0.05, 0) is 60.7 Å². The molecule has 0 N–H and O–H groups in total. The van der Waals surface area contributed by atoms with E-state index in [0.29, 0.717) is 22.3 Å². The second-order valence-electron chi connectivity index (χ2n) is 7.37. The van der Waals surface area contributed by atoms with Crippen LogP contribution in [0.4, 0.5) is 10.5 Å². The third-order valence-electron chi connectivity index (χ3n) is 5.39. The Bertz CT molecular complexity index is 1080. The van der Waals surface area contributed by atoms with Gasteiger partial charge in [-0.2, -0.15) is 0 Å². The van der Waals surface area contributed by atoms with Crippen LogP contribution in [0.15, 0.2) is 42.5 Å². The van der Waals surface area contributed by atoms with Crippen molar-refractivity contribution in [3.05, 3.63) is 69.2 Å². The van der Waals surface area contributed by atoms with Gasteiger partial charge in [0.25, 0.3) is 5.91 Å². The molecule has 4 rings (SSSR count). The highest BCUT2D eigenvalue weighted by Crippen LogP contribution is 2.39. The van der Waals surface area contributed by atoms with Gasteiger partial charge in [0.05, 0.1) is 18.3 Å². The van der Waals surface area contributed by atoms with E-state index in [-0.39, 0.29) is 30.5 Å². The van der Waals surface area contributed by atoms with Gasteiger partial charge in [-0.1, -0.05) is 41.4 Å². The van der Waals surface area contributed by atoms with Crippen molar-refractivity contribution in [1.29, 1.82) is 0 Å². The number of imide groups is 1. The number of hydrogen-bond acceptors (Lipinski definition) is 4. The number of anilines is 1. The van der Waals surface area contributed by atoms with E-state index in [9.17, 15) is 14.4 Å². The van der Waals surface area contributed by atoms with E-state index >= 15 is 0 Å². The van der Waals surface area contributed by atoms with E-state index in [1.165, 1.54) is 6.08 Å². The number of halogens is 2. The van der Waals surface area contributed by atoms with Crippen LogP contribution < -0.4 is 4.90 Å². The summed E-state index contributed by atoms with van der Waals surface area (Å²) < 4.78 is 4.90. The van der Waals surface area contributed by atoms with Gasteiger partial charge >= 0.3 is 12.0 Å². The number of aryl methyl sites for hydroxylation is 1. The number of benzene rings is 2. The summed E-state index contributed by atoms with van der Waals surface area (Å²) in [5.41, 5.74) is 3.36. The molecule has 1 saturated heterocycles. The normalized spacial score (nSPS) is 18.2. The van der Waals surface area contributed by atoms with Crippen LogP contribution in [-0.2, 0) is 20.7 Å². The SMILES string of the molecule is CCOC(=O)/C=C/c1ccc2c(c1)CCC2N1CC(=O)N(c2cc(Cl)cc(Cl)c2)C1=O. The molecule has 0 saturated carbocycles. The Hall–Kier alpha value is -2.83. The first-order valence-electron chi connectivity index (χ1n) is 9.94. The number of nitrogens with zero attached hydrogens (tertiary/aromatic N) is 2. The molecule has 31 heavy (non-hydrogen) atoms. The number of hydrogen-bond donors (Lipinski definition) is 0. The number of amides is 3. The van der Waals surface area contributed by atoms with Crippen molar-refractivity contribution in [3.63, 3.8) is 0 Å². The molecule has 0 bridgehead atoms. The molecule has 0 radical (unpaired) electrons. The number of fused-ring (bicyclic) bond motifs is 1. The Morgan fingerprint density at radius 2 is 1.90 bits per heavy atom. The first kappa shape index (κ1) is 21.4. The second-order valence-corrected chi connectivity index (χ2v) is 8.24. The van der Waals surface area contributed by atoms with Gasteiger partial charge in [-0.15, -0.1) is 0 Å². The van der Waals surface area contributed by atoms with Gasteiger partial charge in [0.2, 0.25) is 0 Å². The summed E-state index contributed by atoms with van der Waals surface area (Å²) in [6.45, 7) is 2.08. The van der Waals surface area contributed by atoms with Gasteiger partial charge in [-0.25, -0.2) is 14.5 Å². The van der Waals surface area contributed by atoms with Gasteiger partial charge in [-0.3, -0.25) is 4.79 Å². The van der Waals surface area contributed by atoms with Crippen LogP contribution in [-0.4, -0.2) is 36.0 Å². The zero-order valence-corrected chi connectivity index (χ0v) is 18.3. The molecule has 1 heterocycles. The van der Waals surface area contributed by atoms with Crippen molar-refractivity contribution in [2.24, 2.45) is 0 Å². The molecule has 2 aromatic rings. The summed E-state index contributed by atoms with van der Waals surface area (Å²) in [6, 6.07) is 9.94. The fourth-order valence-electron chi connectivity index (χ4n) is 4.08. The molecule has 1 aliphatic carbocycles. The summed E-state index contributed by atoms with van der Waals surface area (Å²) in [7, 11) is 0. The number of ether oxygens (including phenoxy) is 1. The lowest BCUT2D eigenvalue weighted by Crippen LogP contribution is -2.34. The topological polar surface area (TPSA) is 66.9 Å². The largest absolute Gasteiger partial charge is 0.463 e. The van der Waals surface area contributed by atoms with E-state index in [2.05, 4.69) is 0 Å². The number of carbonyl (C=O) groups excluding carboxylic acids is 3. The summed E-state index contributed by atoms with van der Waals surface area (Å²) in [4.78, 5) is 40.0. The standard InChI is InChI=1S/C23H20Cl2N2O4/c1-2-31-22(29)8-4-14-3-6-19-15(9-14)5-7-20(19)26-13-21(28)27(23(26)30)18-11-16(24)10-17(25)12-18/h3-4,6,8-12,20H,2,5,7,13H2,1H3/b8-4+. The molecule has 2 aliphatic rings. The van der Waals surface area contributed by atoms with Crippen LogP contribution in [0.3, 0.4) is 0 Å². The van der Waals surface area contributed by atoms with Gasteiger partial charge in [0.15, 0.2) is 0 Å². The molecular weight excluding hydrogens is 439 g/mol. The second kappa shape index (κ2) is 8.73. The number of urea groups is 1. The molecule has 0 spiro atoms. The summed E-state index contributed by atoms with van der Waals surface area (Å²) in [6.07, 6.45) is 4.61. The monoisotopic (exact) mass is 458 g/mol. The Balaban J connectivity index is 1.55. The van der Waals surface area contributed by atoms with E-state index in [1.54, 1.807) is 36.1 Å². The Morgan fingerprint density at radius 1 is 1.16 bits per heavy atom. The molecule has 1 unspecified atom stereocenters. The first-order chi connectivity index (χ1) is 14.9. The Kier molecular flexibility index (Phi) is 6.03. The highest BCUT2D eigenvalue weighted by molar-refractivity contribution is 6.35. The van der Waals surface area contributed by atoms with Crippen molar-refractivity contribution in [3.8, 4) is 0 Å². The van der Waals surface area contributed by atoms with Crippen molar-refractivity contribution >= 4 is 52.9 Å². The van der Waals surface area contributed by atoms with Crippen LogP contribution >= 0.6 is 23.2 Å². The first-order valence-corrected chi connectivity index (χ1v) is 10.7. The van der Waals surface area contributed by atoms with Crippen LogP contribution in [0, 0.1) is 0 Å². The minimum absolute atomic E-state index is 0.00240. The van der Waals surface area contributed by atoms with E-state index < -0.39 is 0 Å². The third kappa shape index (κ3) is 4.31. The predicted molar refractivity (Wildman–Crippen MR) is 119 cm³/mol. The molecule has 1 fully saturated rings. The van der Waals surface area contributed by atoms with Crippen molar-refractivity contribution in [2.45, 2.75) is 25.8 Å². The van der Waals surface area contributed by atoms with Crippen molar-refractivity contribution in [2.75, 3.05) is 18.1 Å². The maximum Gasteiger partial charge on any atom is 0.332 e.